The van der Waals surface area contributed by atoms with Crippen molar-refractivity contribution in [3.8, 4) is 0 Å². The molecular weight excluding hydrogens is 344 g/mol. The Labute approximate surface area is 140 Å². The van der Waals surface area contributed by atoms with Gasteiger partial charge in [0.15, 0.2) is 0 Å². The molecule has 1 fully saturated rings. The standard InChI is InChI=1S/C17H23BrN2O2/c1-17(2,3)22-16(21)20-9-11-6-7-19-15-5-4-12(18)8-13(15)14(11)10-20/h4-5,8,11,14,19H,6-7,9-10H2,1-3H3/t11-,14-/m1/s1. The highest BCUT2D eigenvalue weighted by molar-refractivity contribution is 9.10. The highest BCUT2D eigenvalue weighted by atomic mass is 79.9. The third-order valence-corrected chi connectivity index (χ3v) is 4.83. The van der Waals surface area contributed by atoms with E-state index in [0.29, 0.717) is 11.8 Å². The number of hydrogen-bond donors (Lipinski definition) is 1. The average Bonchev–Trinajstić information content (AvgIpc) is 2.76. The lowest BCUT2D eigenvalue weighted by atomic mass is 9.87. The molecule has 2 aliphatic rings. The Morgan fingerprint density at radius 1 is 1.36 bits per heavy atom. The number of carbonyl (C=O) groups is 1. The van der Waals surface area contributed by atoms with Crippen molar-refractivity contribution in [2.75, 3.05) is 25.0 Å². The predicted octanol–water partition coefficient (Wildman–Crippen LogP) is 4.22. The summed E-state index contributed by atoms with van der Waals surface area (Å²) in [5, 5.41) is 3.51. The van der Waals surface area contributed by atoms with Gasteiger partial charge < -0.3 is 15.0 Å². The molecule has 0 saturated carbocycles. The largest absolute Gasteiger partial charge is 0.444 e. The molecule has 5 heteroatoms. The minimum Gasteiger partial charge on any atom is -0.444 e. The molecule has 1 amide bonds. The quantitative estimate of drug-likeness (QED) is 0.747. The van der Waals surface area contributed by atoms with Crippen LogP contribution in [0.15, 0.2) is 22.7 Å². The molecule has 1 aromatic rings. The Balaban J connectivity index is 1.82. The minimum absolute atomic E-state index is 0.190. The Hall–Kier alpha value is -1.23. The number of nitrogens with one attached hydrogen (secondary N) is 1. The fraction of sp³-hybridized carbons (Fsp3) is 0.588. The maximum absolute atomic E-state index is 12.3. The monoisotopic (exact) mass is 366 g/mol. The first-order valence-corrected chi connectivity index (χ1v) is 8.64. The number of hydrogen-bond acceptors (Lipinski definition) is 3. The Morgan fingerprint density at radius 3 is 2.86 bits per heavy atom. The van der Waals surface area contributed by atoms with Crippen molar-refractivity contribution in [1.82, 2.24) is 4.90 Å². The zero-order valence-corrected chi connectivity index (χ0v) is 14.9. The molecule has 0 spiro atoms. The molecular formula is C17H23BrN2O2. The molecule has 2 aliphatic heterocycles. The molecule has 1 aromatic carbocycles. The van der Waals surface area contributed by atoms with E-state index in [-0.39, 0.29) is 6.09 Å². The second-order valence-corrected chi connectivity index (χ2v) is 8.11. The number of likely N-dealkylation sites (tertiary alicyclic amines) is 1. The first-order chi connectivity index (χ1) is 10.3. The van der Waals surface area contributed by atoms with Crippen molar-refractivity contribution in [3.05, 3.63) is 28.2 Å². The first kappa shape index (κ1) is 15.7. The van der Waals surface area contributed by atoms with Crippen molar-refractivity contribution in [1.29, 1.82) is 0 Å². The lowest BCUT2D eigenvalue weighted by molar-refractivity contribution is 0.0286. The summed E-state index contributed by atoms with van der Waals surface area (Å²) in [4.78, 5) is 14.2. The number of fused-ring (bicyclic) bond motifs is 3. The average molecular weight is 367 g/mol. The van der Waals surface area contributed by atoms with Crippen LogP contribution in [0.25, 0.3) is 0 Å². The molecule has 0 aliphatic carbocycles. The van der Waals surface area contributed by atoms with Crippen molar-refractivity contribution in [3.63, 3.8) is 0 Å². The van der Waals surface area contributed by atoms with E-state index in [2.05, 4.69) is 39.4 Å². The van der Waals surface area contributed by atoms with E-state index in [4.69, 9.17) is 4.74 Å². The van der Waals surface area contributed by atoms with Crippen LogP contribution in [0.4, 0.5) is 10.5 Å². The van der Waals surface area contributed by atoms with Crippen molar-refractivity contribution in [2.45, 2.75) is 38.7 Å². The number of ether oxygens (including phenoxy) is 1. The lowest BCUT2D eigenvalue weighted by Gasteiger charge is -2.24. The van der Waals surface area contributed by atoms with Crippen molar-refractivity contribution < 1.29 is 9.53 Å². The summed E-state index contributed by atoms with van der Waals surface area (Å²) in [7, 11) is 0. The fourth-order valence-electron chi connectivity index (χ4n) is 3.39. The Morgan fingerprint density at radius 2 is 2.14 bits per heavy atom. The first-order valence-electron chi connectivity index (χ1n) is 7.85. The second-order valence-electron chi connectivity index (χ2n) is 7.20. The van der Waals surface area contributed by atoms with Crippen LogP contribution in [0.3, 0.4) is 0 Å². The van der Waals surface area contributed by atoms with Gasteiger partial charge in [0.25, 0.3) is 0 Å². The third-order valence-electron chi connectivity index (χ3n) is 4.34. The molecule has 2 atom stereocenters. The fourth-order valence-corrected chi connectivity index (χ4v) is 3.76. The molecule has 4 nitrogen and oxygen atoms in total. The normalized spacial score (nSPS) is 24.1. The zero-order valence-electron chi connectivity index (χ0n) is 13.4. The number of rotatable bonds is 0. The zero-order chi connectivity index (χ0) is 15.9. The molecule has 3 rings (SSSR count). The lowest BCUT2D eigenvalue weighted by Crippen LogP contribution is -2.35. The van der Waals surface area contributed by atoms with Gasteiger partial charge in [-0.15, -0.1) is 0 Å². The molecule has 0 unspecified atom stereocenters. The third kappa shape index (κ3) is 3.24. The molecule has 1 saturated heterocycles. The highest BCUT2D eigenvalue weighted by Crippen LogP contribution is 2.41. The summed E-state index contributed by atoms with van der Waals surface area (Å²) in [6.07, 6.45) is 0.890. The van der Waals surface area contributed by atoms with E-state index in [0.717, 1.165) is 30.5 Å². The number of nitrogens with zero attached hydrogens (tertiary/aromatic N) is 1. The van der Waals surface area contributed by atoms with Gasteiger partial charge in [0.1, 0.15) is 5.60 Å². The van der Waals surface area contributed by atoms with E-state index in [9.17, 15) is 4.79 Å². The van der Waals surface area contributed by atoms with Gasteiger partial charge in [-0.3, -0.25) is 0 Å². The summed E-state index contributed by atoms with van der Waals surface area (Å²) >= 11 is 3.56. The number of benzene rings is 1. The Bertz CT molecular complexity index is 583. The van der Waals surface area contributed by atoms with E-state index in [1.807, 2.05) is 25.7 Å². The molecule has 0 radical (unpaired) electrons. The van der Waals surface area contributed by atoms with Gasteiger partial charge in [-0.05, 0) is 56.9 Å². The maximum atomic E-state index is 12.3. The summed E-state index contributed by atoms with van der Waals surface area (Å²) in [6.45, 7) is 8.22. The van der Waals surface area contributed by atoms with Crippen LogP contribution in [-0.2, 0) is 4.74 Å². The van der Waals surface area contributed by atoms with Crippen LogP contribution >= 0.6 is 15.9 Å². The van der Waals surface area contributed by atoms with Crippen LogP contribution in [0.5, 0.6) is 0 Å². The van der Waals surface area contributed by atoms with Crippen molar-refractivity contribution in [2.24, 2.45) is 5.92 Å². The Kier molecular flexibility index (Phi) is 4.10. The van der Waals surface area contributed by atoms with Crippen LogP contribution in [-0.4, -0.2) is 36.2 Å². The van der Waals surface area contributed by atoms with Crippen molar-refractivity contribution >= 4 is 27.7 Å². The molecule has 22 heavy (non-hydrogen) atoms. The van der Waals surface area contributed by atoms with Gasteiger partial charge in [0.05, 0.1) is 0 Å². The maximum Gasteiger partial charge on any atom is 0.410 e. The number of amides is 1. The van der Waals surface area contributed by atoms with E-state index < -0.39 is 5.60 Å². The van der Waals surface area contributed by atoms with Gasteiger partial charge in [-0.1, -0.05) is 15.9 Å². The highest BCUT2D eigenvalue weighted by Gasteiger charge is 2.39. The second kappa shape index (κ2) is 5.76. The van der Waals surface area contributed by atoms with Crippen LogP contribution in [0, 0.1) is 5.92 Å². The molecule has 0 bridgehead atoms. The van der Waals surface area contributed by atoms with Gasteiger partial charge in [-0.25, -0.2) is 4.79 Å². The molecule has 120 valence electrons. The van der Waals surface area contributed by atoms with E-state index in [1.165, 1.54) is 11.3 Å². The topological polar surface area (TPSA) is 41.6 Å². The number of anilines is 1. The van der Waals surface area contributed by atoms with Gasteiger partial charge >= 0.3 is 6.09 Å². The number of halogens is 1. The smallest absolute Gasteiger partial charge is 0.410 e. The van der Waals surface area contributed by atoms with Gasteiger partial charge in [-0.2, -0.15) is 0 Å². The SMILES string of the molecule is CC(C)(C)OC(=O)N1C[C@H]2CCNc3ccc(Br)cc3[C@@H]2C1. The van der Waals surface area contributed by atoms with E-state index in [1.54, 1.807) is 0 Å². The minimum atomic E-state index is -0.440. The summed E-state index contributed by atoms with van der Waals surface area (Å²) in [6, 6.07) is 6.37. The van der Waals surface area contributed by atoms with Crippen LogP contribution in [0.2, 0.25) is 0 Å². The summed E-state index contributed by atoms with van der Waals surface area (Å²) < 4.78 is 6.62. The van der Waals surface area contributed by atoms with E-state index >= 15 is 0 Å². The predicted molar refractivity (Wildman–Crippen MR) is 91.3 cm³/mol. The molecule has 0 aromatic heterocycles. The summed E-state index contributed by atoms with van der Waals surface area (Å²) in [5.74, 6) is 0.880. The van der Waals surface area contributed by atoms with Gasteiger partial charge in [0.2, 0.25) is 0 Å². The number of carbonyl (C=O) groups excluding carboxylic acids is 1. The van der Waals surface area contributed by atoms with Crippen LogP contribution < -0.4 is 5.32 Å². The van der Waals surface area contributed by atoms with Gasteiger partial charge in [0, 0.05) is 35.7 Å². The molecule has 1 N–H and O–H groups in total. The van der Waals surface area contributed by atoms with Crippen LogP contribution in [0.1, 0.15) is 38.7 Å². The summed E-state index contributed by atoms with van der Waals surface area (Å²) in [5.41, 5.74) is 2.06. The molecule has 2 heterocycles.